The second-order valence-corrected chi connectivity index (χ2v) is 6.73. The van der Waals surface area contributed by atoms with Gasteiger partial charge in [-0.1, -0.05) is 29.3 Å². The molecule has 2 aromatic carbocycles. The zero-order valence-corrected chi connectivity index (χ0v) is 15.9. The lowest BCUT2D eigenvalue weighted by Crippen LogP contribution is -2.08. The van der Waals surface area contributed by atoms with Gasteiger partial charge in [-0.05, 0) is 42.8 Å². The van der Waals surface area contributed by atoms with Crippen LogP contribution in [0.15, 0.2) is 42.7 Å². The Kier molecular flexibility index (Phi) is 5.53. The topological polar surface area (TPSA) is 75.9 Å². The van der Waals surface area contributed by atoms with E-state index in [1.54, 1.807) is 12.1 Å². The van der Waals surface area contributed by atoms with Gasteiger partial charge in [0, 0.05) is 10.7 Å². The number of nitrogens with zero attached hydrogens (tertiary/aromatic N) is 2. The van der Waals surface area contributed by atoms with Crippen molar-refractivity contribution >= 4 is 51.9 Å². The molecule has 0 fully saturated rings. The second kappa shape index (κ2) is 7.73. The molecule has 1 heterocycles. The molecule has 5 nitrogen and oxygen atoms in total. The van der Waals surface area contributed by atoms with Gasteiger partial charge in [-0.25, -0.2) is 9.97 Å². The molecule has 1 aromatic heterocycles. The molecule has 0 saturated heterocycles. The number of hydrogen-bond acceptors (Lipinski definition) is 5. The average molecular weight is 428 g/mol. The lowest BCUT2D eigenvalue weighted by Gasteiger charge is -2.15. The number of halogens is 5. The van der Waals surface area contributed by atoms with Crippen molar-refractivity contribution in [3.8, 4) is 0 Å². The van der Waals surface area contributed by atoms with E-state index in [0.29, 0.717) is 10.7 Å². The molecule has 4 N–H and O–H groups in total. The fraction of sp³-hybridized carbons (Fsp3) is 0.111. The molecule has 0 amide bonds. The van der Waals surface area contributed by atoms with Gasteiger partial charge in [0.05, 0.1) is 16.3 Å². The van der Waals surface area contributed by atoms with E-state index in [9.17, 15) is 13.2 Å². The molecule has 0 aliphatic heterocycles. The number of nitrogens with one attached hydrogen (secondary N) is 2. The first-order valence-corrected chi connectivity index (χ1v) is 8.68. The summed E-state index contributed by atoms with van der Waals surface area (Å²) in [5.74, 6) is 0.379. The SMILES string of the molecule is Cc1ccc(Cl)cc1Nc1ncnc(Nc2cc(C(F)(F)F)ccc2Cl)c1N. The number of anilines is 5. The van der Waals surface area contributed by atoms with Crippen molar-refractivity contribution in [2.75, 3.05) is 16.4 Å². The van der Waals surface area contributed by atoms with Crippen molar-refractivity contribution in [1.82, 2.24) is 9.97 Å². The molecule has 0 radical (unpaired) electrons. The fourth-order valence-electron chi connectivity index (χ4n) is 2.38. The highest BCUT2D eigenvalue weighted by Crippen LogP contribution is 2.36. The standard InChI is InChI=1S/C18H14Cl2F3N5/c1-9-2-4-11(19)7-13(9)27-16-15(24)17(26-8-25-16)28-14-6-10(18(21,22)23)3-5-12(14)20/h2-8H,24H2,1H3,(H2,25,26,27,28). The zero-order valence-electron chi connectivity index (χ0n) is 14.4. The van der Waals surface area contributed by atoms with E-state index in [0.717, 1.165) is 23.8 Å². The molecule has 0 atom stereocenters. The summed E-state index contributed by atoms with van der Waals surface area (Å²) in [6.45, 7) is 1.87. The smallest absolute Gasteiger partial charge is 0.393 e. The first-order valence-electron chi connectivity index (χ1n) is 7.92. The molecule has 0 aliphatic rings. The van der Waals surface area contributed by atoms with Crippen molar-refractivity contribution in [2.24, 2.45) is 0 Å². The molecule has 28 heavy (non-hydrogen) atoms. The van der Waals surface area contributed by atoms with E-state index in [2.05, 4.69) is 20.6 Å². The van der Waals surface area contributed by atoms with Gasteiger partial charge in [-0.2, -0.15) is 13.2 Å². The summed E-state index contributed by atoms with van der Waals surface area (Å²) in [5.41, 5.74) is 6.95. The van der Waals surface area contributed by atoms with E-state index in [4.69, 9.17) is 28.9 Å². The van der Waals surface area contributed by atoms with Crippen molar-refractivity contribution < 1.29 is 13.2 Å². The van der Waals surface area contributed by atoms with Crippen molar-refractivity contribution in [2.45, 2.75) is 13.1 Å². The summed E-state index contributed by atoms with van der Waals surface area (Å²) in [6.07, 6.45) is -3.28. The van der Waals surface area contributed by atoms with Crippen LogP contribution in [0.1, 0.15) is 11.1 Å². The van der Waals surface area contributed by atoms with Crippen LogP contribution >= 0.6 is 23.2 Å². The molecule has 3 rings (SSSR count). The van der Waals surface area contributed by atoms with Gasteiger partial charge < -0.3 is 16.4 Å². The Morgan fingerprint density at radius 2 is 1.57 bits per heavy atom. The van der Waals surface area contributed by atoms with Crippen LogP contribution in [0.3, 0.4) is 0 Å². The van der Waals surface area contributed by atoms with Gasteiger partial charge in [0.2, 0.25) is 0 Å². The summed E-state index contributed by atoms with van der Waals surface area (Å²) in [5, 5.41) is 6.39. The quantitative estimate of drug-likeness (QED) is 0.463. The van der Waals surface area contributed by atoms with Gasteiger partial charge in [0.15, 0.2) is 11.6 Å². The van der Waals surface area contributed by atoms with E-state index >= 15 is 0 Å². The maximum atomic E-state index is 13.0. The van der Waals surface area contributed by atoms with Crippen molar-refractivity contribution in [3.63, 3.8) is 0 Å². The summed E-state index contributed by atoms with van der Waals surface area (Å²) in [6, 6.07) is 8.20. The van der Waals surface area contributed by atoms with Crippen LogP contribution in [0.25, 0.3) is 0 Å². The molecule has 10 heteroatoms. The highest BCUT2D eigenvalue weighted by Gasteiger charge is 2.31. The largest absolute Gasteiger partial charge is 0.416 e. The van der Waals surface area contributed by atoms with Crippen LogP contribution in [0.4, 0.5) is 41.9 Å². The van der Waals surface area contributed by atoms with Crippen LogP contribution in [-0.2, 0) is 6.18 Å². The number of rotatable bonds is 4. The summed E-state index contributed by atoms with van der Waals surface area (Å²) in [4.78, 5) is 8.08. The summed E-state index contributed by atoms with van der Waals surface area (Å²) in [7, 11) is 0. The van der Waals surface area contributed by atoms with Gasteiger partial charge in [-0.15, -0.1) is 0 Å². The van der Waals surface area contributed by atoms with Crippen LogP contribution in [-0.4, -0.2) is 9.97 Å². The Morgan fingerprint density at radius 3 is 2.21 bits per heavy atom. The van der Waals surface area contributed by atoms with Crippen LogP contribution in [0.2, 0.25) is 10.0 Å². The van der Waals surface area contributed by atoms with Crippen molar-refractivity contribution in [3.05, 3.63) is 63.9 Å². The monoisotopic (exact) mass is 427 g/mol. The molecule has 0 unspecified atom stereocenters. The Balaban J connectivity index is 1.93. The van der Waals surface area contributed by atoms with Crippen LogP contribution in [0.5, 0.6) is 0 Å². The van der Waals surface area contributed by atoms with Crippen LogP contribution < -0.4 is 16.4 Å². The first-order chi connectivity index (χ1) is 13.1. The Hall–Kier alpha value is -2.71. The highest BCUT2D eigenvalue weighted by atomic mass is 35.5. The van der Waals surface area contributed by atoms with E-state index in [1.165, 1.54) is 6.33 Å². The predicted octanol–water partition coefficient (Wildman–Crippen LogP) is 6.18. The number of benzene rings is 2. The number of aromatic nitrogens is 2. The molecule has 3 aromatic rings. The number of alkyl halides is 3. The molecular formula is C18H14Cl2F3N5. The third kappa shape index (κ3) is 4.40. The number of aryl methyl sites for hydroxylation is 1. The molecular weight excluding hydrogens is 414 g/mol. The minimum absolute atomic E-state index is 0.0202. The maximum Gasteiger partial charge on any atom is 0.416 e. The molecule has 0 spiro atoms. The number of nitrogens with two attached hydrogens (primary N) is 1. The lowest BCUT2D eigenvalue weighted by atomic mass is 10.2. The molecule has 0 saturated carbocycles. The Morgan fingerprint density at radius 1 is 0.929 bits per heavy atom. The predicted molar refractivity (Wildman–Crippen MR) is 106 cm³/mol. The van der Waals surface area contributed by atoms with E-state index in [1.807, 2.05) is 13.0 Å². The van der Waals surface area contributed by atoms with E-state index in [-0.39, 0.29) is 28.0 Å². The van der Waals surface area contributed by atoms with Gasteiger partial charge in [0.25, 0.3) is 0 Å². The Labute approximate surface area is 168 Å². The third-order valence-corrected chi connectivity index (χ3v) is 4.45. The third-order valence-electron chi connectivity index (χ3n) is 3.88. The maximum absolute atomic E-state index is 13.0. The van der Waals surface area contributed by atoms with Crippen molar-refractivity contribution in [1.29, 1.82) is 0 Å². The first kappa shape index (κ1) is 20.0. The number of nitrogen functional groups attached to an aromatic ring is 1. The minimum atomic E-state index is -4.50. The van der Waals surface area contributed by atoms with E-state index < -0.39 is 11.7 Å². The van der Waals surface area contributed by atoms with Crippen LogP contribution in [0, 0.1) is 6.92 Å². The fourth-order valence-corrected chi connectivity index (χ4v) is 2.71. The molecule has 146 valence electrons. The molecule has 0 bridgehead atoms. The lowest BCUT2D eigenvalue weighted by molar-refractivity contribution is -0.137. The van der Waals surface area contributed by atoms with Gasteiger partial charge in [0.1, 0.15) is 12.0 Å². The Bertz CT molecular complexity index is 1020. The van der Waals surface area contributed by atoms with Gasteiger partial charge >= 0.3 is 6.18 Å². The second-order valence-electron chi connectivity index (χ2n) is 5.89. The number of hydrogen-bond donors (Lipinski definition) is 3. The molecule has 0 aliphatic carbocycles. The summed E-state index contributed by atoms with van der Waals surface area (Å²) >= 11 is 12.0. The highest BCUT2D eigenvalue weighted by molar-refractivity contribution is 6.33. The average Bonchev–Trinajstić information content (AvgIpc) is 2.62. The minimum Gasteiger partial charge on any atom is -0.393 e. The zero-order chi connectivity index (χ0) is 20.5. The van der Waals surface area contributed by atoms with Gasteiger partial charge in [-0.3, -0.25) is 0 Å². The normalized spacial score (nSPS) is 11.4. The summed E-state index contributed by atoms with van der Waals surface area (Å²) < 4.78 is 38.9.